The fourth-order valence-electron chi connectivity index (χ4n) is 1.37. The maximum absolute atomic E-state index is 10.9. The number of nitrogens with zero attached hydrogens (tertiary/aromatic N) is 1. The van der Waals surface area contributed by atoms with Crippen LogP contribution in [0.5, 0.6) is 0 Å². The van der Waals surface area contributed by atoms with E-state index in [1.165, 1.54) is 0 Å². The molecular formula is C13H16NNaO2. The third-order valence-corrected chi connectivity index (χ3v) is 2.61. The zero-order valence-corrected chi connectivity index (χ0v) is 12.6. The first kappa shape index (κ1) is 16.4. The van der Waals surface area contributed by atoms with Gasteiger partial charge in [-0.2, -0.15) is 0 Å². The van der Waals surface area contributed by atoms with E-state index in [1.54, 1.807) is 6.21 Å². The predicted octanol–water partition coefficient (Wildman–Crippen LogP) is -1.73. The van der Waals surface area contributed by atoms with E-state index in [0.29, 0.717) is 0 Å². The summed E-state index contributed by atoms with van der Waals surface area (Å²) >= 11 is 0. The zero-order chi connectivity index (χ0) is 12.0. The molecule has 0 aliphatic heterocycles. The van der Waals surface area contributed by atoms with Crippen LogP contribution >= 0.6 is 0 Å². The molecule has 0 heterocycles. The van der Waals surface area contributed by atoms with Crippen molar-refractivity contribution < 1.29 is 39.5 Å². The maximum atomic E-state index is 10.9. The second-order valence-electron chi connectivity index (χ2n) is 3.84. The van der Waals surface area contributed by atoms with Crippen LogP contribution in [0.25, 0.3) is 0 Å². The van der Waals surface area contributed by atoms with Gasteiger partial charge in [-0.3, -0.25) is 4.99 Å². The van der Waals surface area contributed by atoms with Crippen molar-refractivity contribution in [3.8, 4) is 0 Å². The van der Waals surface area contributed by atoms with Gasteiger partial charge in [0.25, 0.3) is 0 Å². The smallest absolute Gasteiger partial charge is 0.548 e. The number of benzene rings is 1. The molecule has 0 radical (unpaired) electrons. The summed E-state index contributed by atoms with van der Waals surface area (Å²) in [5.74, 6) is -1.12. The molecule has 1 rings (SSSR count). The normalized spacial score (nSPS) is 14.0. The zero-order valence-electron chi connectivity index (χ0n) is 10.6. The largest absolute Gasteiger partial charge is 1.00 e. The van der Waals surface area contributed by atoms with Gasteiger partial charge in [0, 0.05) is 6.21 Å². The van der Waals surface area contributed by atoms with E-state index < -0.39 is 12.0 Å². The van der Waals surface area contributed by atoms with Gasteiger partial charge in [0.15, 0.2) is 0 Å². The molecule has 0 spiro atoms. The summed E-state index contributed by atoms with van der Waals surface area (Å²) in [6.45, 7) is 3.81. The average Bonchev–Trinajstić information content (AvgIpc) is 2.30. The fraction of sp³-hybridized carbons (Fsp3) is 0.385. The third kappa shape index (κ3) is 5.48. The summed E-state index contributed by atoms with van der Waals surface area (Å²) in [5, 5.41) is 10.9. The SMILES string of the molecule is CCC(C)C(N=Cc1ccccc1)C(=O)[O-].[Na+]. The molecule has 0 saturated heterocycles. The van der Waals surface area contributed by atoms with Gasteiger partial charge in [0.2, 0.25) is 0 Å². The van der Waals surface area contributed by atoms with E-state index in [9.17, 15) is 9.90 Å². The standard InChI is InChI=1S/C13H17NO2.Na/c1-3-10(2)12(13(15)16)14-9-11-7-5-4-6-8-11;/h4-10,12H,3H2,1-2H3,(H,15,16);/q;+1/p-1. The van der Waals surface area contributed by atoms with Crippen LogP contribution in [0.1, 0.15) is 25.8 Å². The van der Waals surface area contributed by atoms with E-state index in [-0.39, 0.29) is 35.5 Å². The van der Waals surface area contributed by atoms with Crippen LogP contribution < -0.4 is 34.7 Å². The number of aliphatic imine (C=N–C) groups is 1. The van der Waals surface area contributed by atoms with Crippen molar-refractivity contribution in [3.05, 3.63) is 35.9 Å². The molecule has 1 aromatic carbocycles. The molecule has 0 aliphatic rings. The van der Waals surface area contributed by atoms with E-state index >= 15 is 0 Å². The summed E-state index contributed by atoms with van der Waals surface area (Å²) in [6, 6.07) is 8.68. The first-order chi connectivity index (χ1) is 7.65. The number of carboxylic acids is 1. The summed E-state index contributed by atoms with van der Waals surface area (Å²) in [7, 11) is 0. The maximum Gasteiger partial charge on any atom is 1.00 e. The van der Waals surface area contributed by atoms with Gasteiger partial charge in [0.05, 0.1) is 12.0 Å². The van der Waals surface area contributed by atoms with Crippen LogP contribution in [0.3, 0.4) is 0 Å². The fourth-order valence-corrected chi connectivity index (χ4v) is 1.37. The minimum absolute atomic E-state index is 0. The van der Waals surface area contributed by atoms with Gasteiger partial charge in [-0.25, -0.2) is 0 Å². The topological polar surface area (TPSA) is 52.5 Å². The molecule has 0 aromatic heterocycles. The summed E-state index contributed by atoms with van der Waals surface area (Å²) < 4.78 is 0. The molecule has 0 bridgehead atoms. The molecule has 0 N–H and O–H groups in total. The number of hydrogen-bond acceptors (Lipinski definition) is 3. The monoisotopic (exact) mass is 241 g/mol. The minimum Gasteiger partial charge on any atom is -0.548 e. The van der Waals surface area contributed by atoms with Crippen LogP contribution in [-0.2, 0) is 4.79 Å². The van der Waals surface area contributed by atoms with Crippen molar-refractivity contribution in [2.45, 2.75) is 26.3 Å². The molecule has 17 heavy (non-hydrogen) atoms. The molecule has 0 fully saturated rings. The Morgan fingerprint density at radius 3 is 2.47 bits per heavy atom. The molecule has 2 atom stereocenters. The first-order valence-corrected chi connectivity index (χ1v) is 5.44. The Balaban J connectivity index is 0.00000256. The van der Waals surface area contributed by atoms with Crippen molar-refractivity contribution in [3.63, 3.8) is 0 Å². The summed E-state index contributed by atoms with van der Waals surface area (Å²) in [6.07, 6.45) is 2.36. The Kier molecular flexibility index (Phi) is 8.13. The molecule has 1 aromatic rings. The quantitative estimate of drug-likeness (QED) is 0.454. The van der Waals surface area contributed by atoms with E-state index in [0.717, 1.165) is 12.0 Å². The molecule has 86 valence electrons. The average molecular weight is 241 g/mol. The van der Waals surface area contributed by atoms with Crippen molar-refractivity contribution >= 4 is 12.2 Å². The third-order valence-electron chi connectivity index (χ3n) is 2.61. The molecule has 3 nitrogen and oxygen atoms in total. The van der Waals surface area contributed by atoms with Crippen LogP contribution in [0.2, 0.25) is 0 Å². The van der Waals surface area contributed by atoms with Crippen molar-refractivity contribution in [2.24, 2.45) is 10.9 Å². The van der Waals surface area contributed by atoms with Gasteiger partial charge in [-0.1, -0.05) is 50.6 Å². The number of carbonyl (C=O) groups excluding carboxylic acids is 1. The predicted molar refractivity (Wildman–Crippen MR) is 62.3 cm³/mol. The Bertz CT molecular complexity index is 365. The molecule has 0 aliphatic carbocycles. The van der Waals surface area contributed by atoms with E-state index in [2.05, 4.69) is 4.99 Å². The molecule has 0 amide bonds. The molecular weight excluding hydrogens is 225 g/mol. The second-order valence-corrected chi connectivity index (χ2v) is 3.84. The number of hydrogen-bond donors (Lipinski definition) is 0. The Labute approximate surface area is 124 Å². The van der Waals surface area contributed by atoms with Crippen molar-refractivity contribution in [2.75, 3.05) is 0 Å². The van der Waals surface area contributed by atoms with Gasteiger partial charge >= 0.3 is 29.6 Å². The number of carboxylic acid groups (broad SMARTS) is 1. The summed E-state index contributed by atoms with van der Waals surface area (Å²) in [4.78, 5) is 15.0. The first-order valence-electron chi connectivity index (χ1n) is 5.44. The summed E-state index contributed by atoms with van der Waals surface area (Å²) in [5.41, 5.74) is 0.900. The number of carbonyl (C=O) groups is 1. The van der Waals surface area contributed by atoms with Crippen molar-refractivity contribution in [1.82, 2.24) is 0 Å². The molecule has 4 heteroatoms. The van der Waals surface area contributed by atoms with Crippen molar-refractivity contribution in [1.29, 1.82) is 0 Å². The number of rotatable bonds is 5. The minimum atomic E-state index is -1.11. The Morgan fingerprint density at radius 1 is 1.41 bits per heavy atom. The van der Waals surface area contributed by atoms with Gasteiger partial charge in [-0.15, -0.1) is 0 Å². The van der Waals surface area contributed by atoms with E-state index in [4.69, 9.17) is 0 Å². The van der Waals surface area contributed by atoms with Gasteiger partial charge < -0.3 is 9.90 Å². The van der Waals surface area contributed by atoms with Crippen LogP contribution in [-0.4, -0.2) is 18.2 Å². The van der Waals surface area contributed by atoms with Crippen LogP contribution in [0.4, 0.5) is 0 Å². The number of aliphatic carboxylic acids is 1. The Morgan fingerprint density at radius 2 is 2.00 bits per heavy atom. The van der Waals surface area contributed by atoms with Crippen LogP contribution in [0.15, 0.2) is 35.3 Å². The van der Waals surface area contributed by atoms with Gasteiger partial charge in [-0.05, 0) is 11.5 Å². The second kappa shape index (κ2) is 8.45. The van der Waals surface area contributed by atoms with Crippen LogP contribution in [0, 0.1) is 5.92 Å². The molecule has 2 unspecified atom stereocenters. The van der Waals surface area contributed by atoms with Gasteiger partial charge in [0.1, 0.15) is 0 Å². The molecule has 0 saturated carbocycles. The Hall–Kier alpha value is -0.640. The van der Waals surface area contributed by atoms with E-state index in [1.807, 2.05) is 44.2 Å².